The molecule has 152 valence electrons. The van der Waals surface area contributed by atoms with Crippen LogP contribution in [0.4, 0.5) is 4.39 Å². The predicted molar refractivity (Wildman–Crippen MR) is 110 cm³/mol. The van der Waals surface area contributed by atoms with Crippen LogP contribution in [0.15, 0.2) is 24.3 Å². The summed E-state index contributed by atoms with van der Waals surface area (Å²) in [6, 6.07) is 6.95. The van der Waals surface area contributed by atoms with Crippen LogP contribution in [0.2, 0.25) is 0 Å². The zero-order valence-corrected chi connectivity index (χ0v) is 17.4. The summed E-state index contributed by atoms with van der Waals surface area (Å²) < 4.78 is 13.8. The van der Waals surface area contributed by atoms with Crippen molar-refractivity contribution in [3.8, 4) is 0 Å². The Balaban J connectivity index is 0.00000131. The monoisotopic (exact) mass is 417 g/mol. The molecule has 2 aliphatic heterocycles. The summed E-state index contributed by atoms with van der Waals surface area (Å²) in [7, 11) is 2.10. The molecule has 1 amide bonds. The molecule has 4 nitrogen and oxygen atoms in total. The van der Waals surface area contributed by atoms with Crippen molar-refractivity contribution in [3.05, 3.63) is 35.6 Å². The van der Waals surface area contributed by atoms with Crippen molar-refractivity contribution in [1.82, 2.24) is 15.5 Å². The molecule has 3 aliphatic rings. The number of hydrogen-bond acceptors (Lipinski definition) is 3. The number of likely N-dealkylation sites (tertiary alicyclic amines) is 1. The molecule has 2 heterocycles. The second-order valence-electron chi connectivity index (χ2n) is 8.36. The molecule has 0 radical (unpaired) electrons. The van der Waals surface area contributed by atoms with Gasteiger partial charge in [0.05, 0.1) is 5.41 Å². The highest BCUT2D eigenvalue weighted by Gasteiger charge is 2.54. The van der Waals surface area contributed by atoms with Crippen LogP contribution < -0.4 is 10.6 Å². The Morgan fingerprint density at radius 2 is 2.07 bits per heavy atom. The highest BCUT2D eigenvalue weighted by atomic mass is 35.5. The summed E-state index contributed by atoms with van der Waals surface area (Å²) in [4.78, 5) is 15.4. The number of halogens is 3. The summed E-state index contributed by atoms with van der Waals surface area (Å²) in [5, 5.41) is 6.69. The van der Waals surface area contributed by atoms with Gasteiger partial charge in [-0.25, -0.2) is 4.39 Å². The fourth-order valence-electron chi connectivity index (χ4n) is 5.36. The van der Waals surface area contributed by atoms with Crippen molar-refractivity contribution in [2.75, 3.05) is 39.8 Å². The number of fused-ring (bicyclic) bond motifs is 1. The molecule has 0 unspecified atom stereocenters. The van der Waals surface area contributed by atoms with E-state index in [1.807, 2.05) is 6.07 Å². The minimum Gasteiger partial charge on any atom is -0.355 e. The minimum atomic E-state index is -0.295. The lowest BCUT2D eigenvalue weighted by atomic mass is 9.77. The molecule has 0 aromatic heterocycles. The average molecular weight is 418 g/mol. The van der Waals surface area contributed by atoms with Crippen LogP contribution in [0.1, 0.15) is 31.2 Å². The number of hydrogen-bond donors (Lipinski definition) is 2. The lowest BCUT2D eigenvalue weighted by Crippen LogP contribution is -2.50. The fraction of sp³-hybridized carbons (Fsp3) is 0.650. The molecule has 2 saturated heterocycles. The van der Waals surface area contributed by atoms with E-state index >= 15 is 0 Å². The van der Waals surface area contributed by atoms with E-state index in [0.29, 0.717) is 12.5 Å². The summed E-state index contributed by atoms with van der Waals surface area (Å²) >= 11 is 0. The van der Waals surface area contributed by atoms with Gasteiger partial charge in [0.25, 0.3) is 0 Å². The molecule has 1 aliphatic carbocycles. The lowest BCUT2D eigenvalue weighted by molar-refractivity contribution is -0.131. The second-order valence-corrected chi connectivity index (χ2v) is 8.36. The van der Waals surface area contributed by atoms with Gasteiger partial charge in [0.1, 0.15) is 5.82 Å². The Bertz CT molecular complexity index is 668. The maximum absolute atomic E-state index is 13.8. The van der Waals surface area contributed by atoms with Gasteiger partial charge >= 0.3 is 0 Å². The third-order valence-electron chi connectivity index (χ3n) is 6.73. The minimum absolute atomic E-state index is 0. The first-order chi connectivity index (χ1) is 12.0. The van der Waals surface area contributed by atoms with Crippen molar-refractivity contribution in [3.63, 3.8) is 0 Å². The molecule has 2 N–H and O–H groups in total. The molecular weight excluding hydrogens is 388 g/mol. The topological polar surface area (TPSA) is 44.4 Å². The molecular formula is C20H30Cl2FN3O. The van der Waals surface area contributed by atoms with Gasteiger partial charge in [-0.05, 0) is 37.6 Å². The van der Waals surface area contributed by atoms with E-state index in [2.05, 4.69) is 22.6 Å². The van der Waals surface area contributed by atoms with Gasteiger partial charge < -0.3 is 15.5 Å². The highest BCUT2D eigenvalue weighted by Crippen LogP contribution is 2.42. The normalized spacial score (nSPS) is 28.9. The van der Waals surface area contributed by atoms with E-state index in [1.165, 1.54) is 6.07 Å². The Kier molecular flexibility index (Phi) is 7.17. The zero-order chi connectivity index (χ0) is 17.5. The molecule has 3 fully saturated rings. The van der Waals surface area contributed by atoms with E-state index in [0.717, 1.165) is 57.4 Å². The van der Waals surface area contributed by atoms with Crippen molar-refractivity contribution < 1.29 is 9.18 Å². The summed E-state index contributed by atoms with van der Waals surface area (Å²) in [6.07, 6.45) is 4.32. The number of benzene rings is 1. The van der Waals surface area contributed by atoms with Crippen LogP contribution in [0, 0.1) is 17.2 Å². The molecule has 4 rings (SSSR count). The van der Waals surface area contributed by atoms with Crippen molar-refractivity contribution in [2.45, 2.75) is 31.1 Å². The van der Waals surface area contributed by atoms with Crippen LogP contribution in [-0.4, -0.2) is 50.6 Å². The number of nitrogens with zero attached hydrogens (tertiary/aromatic N) is 1. The molecule has 1 aromatic carbocycles. The lowest BCUT2D eigenvalue weighted by Gasteiger charge is -2.33. The first-order valence-corrected chi connectivity index (χ1v) is 9.48. The van der Waals surface area contributed by atoms with Crippen LogP contribution in [0.25, 0.3) is 0 Å². The van der Waals surface area contributed by atoms with Gasteiger partial charge in [-0.2, -0.15) is 0 Å². The summed E-state index contributed by atoms with van der Waals surface area (Å²) in [5.41, 5.74) is 0.629. The SMILES string of the molecule is CN1C[C@H]2CNC[C@@]2(C(=O)NCC2(c3cccc(F)c3)CCCC2)C1.Cl.Cl. The van der Waals surface area contributed by atoms with E-state index in [4.69, 9.17) is 0 Å². The fourth-order valence-corrected chi connectivity index (χ4v) is 5.36. The first-order valence-electron chi connectivity index (χ1n) is 9.48. The quantitative estimate of drug-likeness (QED) is 0.791. The first kappa shape index (κ1) is 22.4. The van der Waals surface area contributed by atoms with Crippen molar-refractivity contribution >= 4 is 30.7 Å². The van der Waals surface area contributed by atoms with Gasteiger partial charge in [0.2, 0.25) is 5.91 Å². The van der Waals surface area contributed by atoms with Crippen LogP contribution in [-0.2, 0) is 10.2 Å². The predicted octanol–water partition coefficient (Wildman–Crippen LogP) is 2.75. The van der Waals surface area contributed by atoms with Gasteiger partial charge in [-0.15, -0.1) is 24.8 Å². The second kappa shape index (κ2) is 8.64. The Hall–Kier alpha value is -0.880. The smallest absolute Gasteiger partial charge is 0.229 e. The van der Waals surface area contributed by atoms with Crippen molar-refractivity contribution in [1.29, 1.82) is 0 Å². The van der Waals surface area contributed by atoms with Gasteiger partial charge in [0, 0.05) is 44.1 Å². The number of nitrogens with one attached hydrogen (secondary N) is 2. The Labute approximate surface area is 173 Å². The highest BCUT2D eigenvalue weighted by molar-refractivity contribution is 5.86. The number of rotatable bonds is 4. The van der Waals surface area contributed by atoms with E-state index in [9.17, 15) is 9.18 Å². The number of carbonyl (C=O) groups excluding carboxylic acids is 1. The third-order valence-corrected chi connectivity index (χ3v) is 6.73. The number of amides is 1. The Morgan fingerprint density at radius 1 is 1.33 bits per heavy atom. The average Bonchev–Trinajstić information content (AvgIpc) is 3.27. The molecule has 1 aromatic rings. The molecule has 7 heteroatoms. The molecule has 2 atom stereocenters. The third kappa shape index (κ3) is 3.98. The summed E-state index contributed by atoms with van der Waals surface area (Å²) in [5.74, 6) is 0.381. The molecule has 1 saturated carbocycles. The van der Waals surface area contributed by atoms with Gasteiger partial charge in [0.15, 0.2) is 0 Å². The van der Waals surface area contributed by atoms with Crippen LogP contribution >= 0.6 is 24.8 Å². The van der Waals surface area contributed by atoms with E-state index in [-0.39, 0.29) is 47.4 Å². The maximum atomic E-state index is 13.8. The zero-order valence-electron chi connectivity index (χ0n) is 15.8. The molecule has 0 spiro atoms. The standard InChI is InChI=1S/C20H28FN3O.2ClH/c1-24-11-16-10-22-13-20(16,14-24)18(25)23-12-19(7-2-3-8-19)15-5-4-6-17(21)9-15;;/h4-6,9,16,22H,2-3,7-8,10-14H2,1H3,(H,23,25);2*1H/t16-,20-;;/m1../s1. The van der Waals surface area contributed by atoms with Crippen molar-refractivity contribution in [2.24, 2.45) is 11.3 Å². The molecule has 0 bridgehead atoms. The van der Waals surface area contributed by atoms with Crippen LogP contribution in [0.5, 0.6) is 0 Å². The van der Waals surface area contributed by atoms with E-state index < -0.39 is 0 Å². The molecule has 27 heavy (non-hydrogen) atoms. The van der Waals surface area contributed by atoms with Gasteiger partial charge in [-0.1, -0.05) is 25.0 Å². The van der Waals surface area contributed by atoms with E-state index in [1.54, 1.807) is 12.1 Å². The Morgan fingerprint density at radius 3 is 2.78 bits per heavy atom. The largest absolute Gasteiger partial charge is 0.355 e. The van der Waals surface area contributed by atoms with Gasteiger partial charge in [-0.3, -0.25) is 4.79 Å². The maximum Gasteiger partial charge on any atom is 0.229 e. The van der Waals surface area contributed by atoms with Crippen LogP contribution in [0.3, 0.4) is 0 Å². The number of carbonyl (C=O) groups is 1. The summed E-state index contributed by atoms with van der Waals surface area (Å²) in [6.45, 7) is 4.11.